The van der Waals surface area contributed by atoms with Crippen molar-refractivity contribution in [3.8, 4) is 11.6 Å². The molecule has 0 fully saturated rings. The summed E-state index contributed by atoms with van der Waals surface area (Å²) in [4.78, 5) is 13.7. The van der Waals surface area contributed by atoms with Gasteiger partial charge in [0.25, 0.3) is 0 Å². The fourth-order valence-electron chi connectivity index (χ4n) is 2.82. The highest BCUT2D eigenvalue weighted by atomic mass is 16.3. The molecule has 0 saturated carbocycles. The van der Waals surface area contributed by atoms with Crippen molar-refractivity contribution in [2.75, 3.05) is 5.32 Å². The van der Waals surface area contributed by atoms with E-state index in [0.717, 1.165) is 27.8 Å². The van der Waals surface area contributed by atoms with Crippen molar-refractivity contribution >= 4 is 22.4 Å². The predicted octanol–water partition coefficient (Wildman–Crippen LogP) is 3.34. The van der Waals surface area contributed by atoms with Gasteiger partial charge in [-0.2, -0.15) is 4.80 Å². The monoisotopic (exact) mass is 347 g/mol. The van der Waals surface area contributed by atoms with E-state index in [2.05, 4.69) is 20.7 Å². The second kappa shape index (κ2) is 6.44. The largest absolute Gasteiger partial charge is 0.458 e. The Labute approximate surface area is 149 Å². The number of carbonyl (C=O) groups is 1. The lowest BCUT2D eigenvalue weighted by Gasteiger charge is -2.11. The minimum absolute atomic E-state index is 0.0324. The summed E-state index contributed by atoms with van der Waals surface area (Å²) >= 11 is 0. The van der Waals surface area contributed by atoms with Crippen LogP contribution in [0.15, 0.2) is 52.9 Å². The third-order valence-electron chi connectivity index (χ3n) is 4.10. The smallest absolute Gasteiger partial charge is 0.248 e. The average molecular weight is 347 g/mol. The fourth-order valence-corrected chi connectivity index (χ4v) is 2.82. The third kappa shape index (κ3) is 3.06. The molecule has 1 amide bonds. The van der Waals surface area contributed by atoms with E-state index in [1.807, 2.05) is 56.3 Å². The first-order chi connectivity index (χ1) is 12.6. The Morgan fingerprint density at radius 1 is 1.12 bits per heavy atom. The summed E-state index contributed by atoms with van der Waals surface area (Å²) < 4.78 is 5.47. The van der Waals surface area contributed by atoms with Crippen LogP contribution in [0.4, 0.5) is 5.69 Å². The summed E-state index contributed by atoms with van der Waals surface area (Å²) in [5.74, 6) is 1.43. The Bertz CT molecular complexity index is 1100. The van der Waals surface area contributed by atoms with E-state index < -0.39 is 0 Å². The molecule has 0 aliphatic rings. The van der Waals surface area contributed by atoms with Crippen LogP contribution in [-0.4, -0.2) is 26.1 Å². The lowest BCUT2D eigenvalue weighted by molar-refractivity contribution is -0.117. The number of aryl methyl sites for hydroxylation is 2. The number of carbonyl (C=O) groups excluding carboxylic acids is 1. The third-order valence-corrected chi connectivity index (χ3v) is 4.10. The molecule has 26 heavy (non-hydrogen) atoms. The van der Waals surface area contributed by atoms with Crippen LogP contribution in [0.2, 0.25) is 0 Å². The molecule has 0 radical (unpaired) electrons. The molecule has 130 valence electrons. The maximum atomic E-state index is 12.5. The lowest BCUT2D eigenvalue weighted by atomic mass is 10.0. The molecular weight excluding hydrogens is 330 g/mol. The summed E-state index contributed by atoms with van der Waals surface area (Å²) in [5.41, 5.74) is 1.80. The number of anilines is 1. The first-order valence-electron chi connectivity index (χ1n) is 8.23. The number of benzene rings is 2. The number of amides is 1. The maximum absolute atomic E-state index is 12.5. The minimum atomic E-state index is -0.218. The number of hydrogen-bond acceptors (Lipinski definition) is 5. The van der Waals surface area contributed by atoms with Gasteiger partial charge in [-0.05, 0) is 42.1 Å². The van der Waals surface area contributed by atoms with Gasteiger partial charge < -0.3 is 9.73 Å². The predicted molar refractivity (Wildman–Crippen MR) is 97.6 cm³/mol. The molecule has 7 nitrogen and oxygen atoms in total. The molecule has 4 aromatic rings. The Hall–Kier alpha value is -3.48. The fraction of sp³-hybridized carbons (Fsp3) is 0.158. The van der Waals surface area contributed by atoms with Gasteiger partial charge in [0.15, 0.2) is 5.76 Å². The highest BCUT2D eigenvalue weighted by Gasteiger charge is 2.13. The zero-order chi connectivity index (χ0) is 18.1. The summed E-state index contributed by atoms with van der Waals surface area (Å²) in [7, 11) is 0. The van der Waals surface area contributed by atoms with Gasteiger partial charge in [0.05, 0.1) is 5.69 Å². The second-order valence-corrected chi connectivity index (χ2v) is 6.08. The van der Waals surface area contributed by atoms with Crippen molar-refractivity contribution in [2.24, 2.45) is 0 Å². The van der Waals surface area contributed by atoms with Crippen molar-refractivity contribution in [1.29, 1.82) is 0 Å². The van der Waals surface area contributed by atoms with Crippen LogP contribution in [0.25, 0.3) is 22.4 Å². The molecular formula is C19H17N5O2. The quantitative estimate of drug-likeness (QED) is 0.612. The number of tetrazole rings is 1. The number of aromatic nitrogens is 4. The van der Waals surface area contributed by atoms with E-state index in [9.17, 15) is 4.79 Å². The van der Waals surface area contributed by atoms with E-state index >= 15 is 0 Å². The molecule has 1 N–H and O–H groups in total. The zero-order valence-electron chi connectivity index (χ0n) is 14.4. The highest BCUT2D eigenvalue weighted by Crippen LogP contribution is 2.27. The van der Waals surface area contributed by atoms with E-state index in [0.29, 0.717) is 11.6 Å². The summed E-state index contributed by atoms with van der Waals surface area (Å²) in [5, 5.41) is 17.1. The normalized spacial score (nSPS) is 11.0. The molecule has 0 saturated heterocycles. The van der Waals surface area contributed by atoms with Crippen molar-refractivity contribution in [3.63, 3.8) is 0 Å². The molecule has 2 aromatic carbocycles. The van der Waals surface area contributed by atoms with Gasteiger partial charge in [-0.3, -0.25) is 4.79 Å². The number of fused-ring (bicyclic) bond motifs is 1. The van der Waals surface area contributed by atoms with Crippen LogP contribution in [0.5, 0.6) is 0 Å². The number of rotatable bonds is 4. The Kier molecular flexibility index (Phi) is 3.96. The minimum Gasteiger partial charge on any atom is -0.458 e. The molecule has 0 aliphatic carbocycles. The number of nitrogens with zero attached hydrogens (tertiary/aromatic N) is 4. The van der Waals surface area contributed by atoms with Crippen molar-refractivity contribution in [1.82, 2.24) is 20.2 Å². The van der Waals surface area contributed by atoms with Crippen molar-refractivity contribution in [2.45, 2.75) is 20.4 Å². The Morgan fingerprint density at radius 3 is 2.77 bits per heavy atom. The SMILES string of the molecule is Cc1ccc(-c2nnn(CC(=O)Nc3c(C)ccc4ccccc34)n2)o1. The van der Waals surface area contributed by atoms with Crippen LogP contribution in [0.1, 0.15) is 11.3 Å². The van der Waals surface area contributed by atoms with E-state index in [1.165, 1.54) is 4.80 Å². The molecule has 4 rings (SSSR count). The van der Waals surface area contributed by atoms with E-state index in [1.54, 1.807) is 6.07 Å². The van der Waals surface area contributed by atoms with E-state index in [-0.39, 0.29) is 12.5 Å². The van der Waals surface area contributed by atoms with Gasteiger partial charge in [0.2, 0.25) is 11.7 Å². The van der Waals surface area contributed by atoms with Crippen LogP contribution in [0, 0.1) is 13.8 Å². The Balaban J connectivity index is 1.53. The highest BCUT2D eigenvalue weighted by molar-refractivity contribution is 6.03. The first-order valence-corrected chi connectivity index (χ1v) is 8.23. The zero-order valence-corrected chi connectivity index (χ0v) is 14.4. The molecule has 7 heteroatoms. The van der Waals surface area contributed by atoms with Gasteiger partial charge >= 0.3 is 0 Å². The molecule has 0 bridgehead atoms. The van der Waals surface area contributed by atoms with Gasteiger partial charge in [0.1, 0.15) is 12.3 Å². The molecule has 2 aromatic heterocycles. The first kappa shape index (κ1) is 16.0. The molecule has 0 atom stereocenters. The number of furan rings is 1. The van der Waals surface area contributed by atoms with Crippen LogP contribution < -0.4 is 5.32 Å². The van der Waals surface area contributed by atoms with Crippen LogP contribution in [-0.2, 0) is 11.3 Å². The van der Waals surface area contributed by atoms with Crippen LogP contribution >= 0.6 is 0 Å². The van der Waals surface area contributed by atoms with Gasteiger partial charge in [0, 0.05) is 5.39 Å². The number of hydrogen-bond donors (Lipinski definition) is 1. The standard InChI is InChI=1S/C19H17N5O2/c1-12-7-9-14-5-3-4-6-15(14)18(12)20-17(25)11-24-22-19(21-23-24)16-10-8-13(2)26-16/h3-10H,11H2,1-2H3,(H,20,25). The molecule has 0 aliphatic heterocycles. The molecule has 0 spiro atoms. The Morgan fingerprint density at radius 2 is 1.96 bits per heavy atom. The summed E-state index contributed by atoms with van der Waals surface area (Å²) in [6.45, 7) is 3.77. The average Bonchev–Trinajstić information content (AvgIpc) is 3.26. The van der Waals surface area contributed by atoms with Crippen molar-refractivity contribution < 1.29 is 9.21 Å². The van der Waals surface area contributed by atoms with Gasteiger partial charge in [-0.25, -0.2) is 0 Å². The van der Waals surface area contributed by atoms with Crippen LogP contribution in [0.3, 0.4) is 0 Å². The maximum Gasteiger partial charge on any atom is 0.248 e. The molecule has 2 heterocycles. The number of nitrogens with one attached hydrogen (secondary N) is 1. The van der Waals surface area contributed by atoms with E-state index in [4.69, 9.17) is 4.42 Å². The van der Waals surface area contributed by atoms with Crippen molar-refractivity contribution in [3.05, 3.63) is 59.9 Å². The molecule has 0 unspecified atom stereocenters. The van der Waals surface area contributed by atoms with Gasteiger partial charge in [-0.1, -0.05) is 36.4 Å². The second-order valence-electron chi connectivity index (χ2n) is 6.08. The topological polar surface area (TPSA) is 85.8 Å². The lowest BCUT2D eigenvalue weighted by Crippen LogP contribution is -2.21. The van der Waals surface area contributed by atoms with Gasteiger partial charge in [-0.15, -0.1) is 10.2 Å². The summed E-state index contributed by atoms with van der Waals surface area (Å²) in [6.07, 6.45) is 0. The summed E-state index contributed by atoms with van der Waals surface area (Å²) in [6, 6.07) is 15.6.